The van der Waals surface area contributed by atoms with E-state index in [1.54, 1.807) is 24.3 Å². The summed E-state index contributed by atoms with van der Waals surface area (Å²) in [5, 5.41) is 0.616. The molecular formula is C14H14ClNO2S. The SMILES string of the molecule is COc1cc(N)ccc1S(=O)Cc1ccccc1Cl. The first-order valence-corrected chi connectivity index (χ1v) is 7.37. The normalized spacial score (nSPS) is 12.1. The molecule has 0 spiro atoms. The Morgan fingerprint density at radius 3 is 2.68 bits per heavy atom. The fourth-order valence-corrected chi connectivity index (χ4v) is 3.26. The third-order valence-electron chi connectivity index (χ3n) is 2.68. The van der Waals surface area contributed by atoms with E-state index in [-0.39, 0.29) is 0 Å². The molecule has 1 unspecified atom stereocenters. The first-order chi connectivity index (χ1) is 9.11. The minimum absolute atomic E-state index is 0.347. The molecule has 0 heterocycles. The van der Waals surface area contributed by atoms with Gasteiger partial charge in [0.1, 0.15) is 5.75 Å². The Kier molecular flexibility index (Phi) is 4.45. The fraction of sp³-hybridized carbons (Fsp3) is 0.143. The molecule has 0 aliphatic rings. The Morgan fingerprint density at radius 2 is 2.00 bits per heavy atom. The highest BCUT2D eigenvalue weighted by Crippen LogP contribution is 2.27. The molecule has 2 aromatic rings. The summed E-state index contributed by atoms with van der Waals surface area (Å²) in [5.74, 6) is 0.880. The number of anilines is 1. The molecule has 3 nitrogen and oxygen atoms in total. The third-order valence-corrected chi connectivity index (χ3v) is 4.45. The second-order valence-corrected chi connectivity index (χ2v) is 5.82. The summed E-state index contributed by atoms with van der Waals surface area (Å²) in [5.41, 5.74) is 7.11. The van der Waals surface area contributed by atoms with Crippen LogP contribution < -0.4 is 10.5 Å². The quantitative estimate of drug-likeness (QED) is 0.881. The van der Waals surface area contributed by atoms with Gasteiger partial charge in [0.2, 0.25) is 0 Å². The topological polar surface area (TPSA) is 52.3 Å². The zero-order valence-corrected chi connectivity index (χ0v) is 12.0. The molecule has 0 radical (unpaired) electrons. The van der Waals surface area contributed by atoms with E-state index >= 15 is 0 Å². The summed E-state index contributed by atoms with van der Waals surface area (Å²) in [6.07, 6.45) is 0. The van der Waals surface area contributed by atoms with Crippen LogP contribution in [0.2, 0.25) is 5.02 Å². The lowest BCUT2D eigenvalue weighted by Crippen LogP contribution is -2.01. The number of methoxy groups -OCH3 is 1. The maximum Gasteiger partial charge on any atom is 0.137 e. The number of benzene rings is 2. The van der Waals surface area contributed by atoms with Crippen molar-refractivity contribution in [3.8, 4) is 5.75 Å². The van der Waals surface area contributed by atoms with Crippen LogP contribution >= 0.6 is 11.6 Å². The first-order valence-electron chi connectivity index (χ1n) is 5.67. The lowest BCUT2D eigenvalue weighted by molar-refractivity contribution is 0.404. The maximum atomic E-state index is 12.4. The summed E-state index contributed by atoms with van der Waals surface area (Å²) in [7, 11) is 0.303. The predicted octanol–water partition coefficient (Wildman–Crippen LogP) is 3.24. The Hall–Kier alpha value is -1.52. The van der Waals surface area contributed by atoms with Crippen molar-refractivity contribution in [3.05, 3.63) is 53.1 Å². The monoisotopic (exact) mass is 295 g/mol. The molecule has 0 aromatic heterocycles. The molecule has 2 aromatic carbocycles. The van der Waals surface area contributed by atoms with Gasteiger partial charge in [0, 0.05) is 16.8 Å². The number of nitrogen functional groups attached to an aromatic ring is 1. The van der Waals surface area contributed by atoms with Gasteiger partial charge in [0.25, 0.3) is 0 Å². The summed E-state index contributed by atoms with van der Waals surface area (Å²) < 4.78 is 17.6. The van der Waals surface area contributed by atoms with Gasteiger partial charge in [0.05, 0.1) is 28.6 Å². The van der Waals surface area contributed by atoms with Crippen LogP contribution in [-0.2, 0) is 16.6 Å². The van der Waals surface area contributed by atoms with Gasteiger partial charge in [0.15, 0.2) is 0 Å². The van der Waals surface area contributed by atoms with Gasteiger partial charge in [-0.2, -0.15) is 0 Å². The fourth-order valence-electron chi connectivity index (χ4n) is 1.71. The van der Waals surface area contributed by atoms with Gasteiger partial charge in [-0.05, 0) is 23.8 Å². The molecule has 0 amide bonds. The molecule has 0 fully saturated rings. The van der Waals surface area contributed by atoms with Crippen molar-refractivity contribution in [2.45, 2.75) is 10.6 Å². The standard InChI is InChI=1S/C14H14ClNO2S/c1-18-13-8-11(16)6-7-14(13)19(17)9-10-4-2-3-5-12(10)15/h2-8H,9,16H2,1H3. The van der Waals surface area contributed by atoms with Crippen molar-refractivity contribution in [1.82, 2.24) is 0 Å². The van der Waals surface area contributed by atoms with E-state index in [0.717, 1.165) is 5.56 Å². The van der Waals surface area contributed by atoms with Crippen molar-refractivity contribution in [3.63, 3.8) is 0 Å². The second-order valence-electron chi connectivity index (χ2n) is 3.99. The molecule has 0 saturated heterocycles. The zero-order valence-electron chi connectivity index (χ0n) is 10.4. The Morgan fingerprint density at radius 1 is 1.26 bits per heavy atom. The van der Waals surface area contributed by atoms with Crippen LogP contribution in [0.15, 0.2) is 47.4 Å². The van der Waals surface area contributed by atoms with E-state index in [9.17, 15) is 4.21 Å². The average Bonchev–Trinajstić information content (AvgIpc) is 2.41. The molecule has 5 heteroatoms. The van der Waals surface area contributed by atoms with Crippen LogP contribution in [0.25, 0.3) is 0 Å². The summed E-state index contributed by atoms with van der Waals surface area (Å²) in [4.78, 5) is 0.622. The van der Waals surface area contributed by atoms with Crippen LogP contribution in [0, 0.1) is 0 Å². The largest absolute Gasteiger partial charge is 0.495 e. The lowest BCUT2D eigenvalue weighted by atomic mass is 10.2. The van der Waals surface area contributed by atoms with Gasteiger partial charge in [-0.1, -0.05) is 29.8 Å². The third kappa shape index (κ3) is 3.28. The molecule has 0 aliphatic carbocycles. The highest BCUT2D eigenvalue weighted by atomic mass is 35.5. The van der Waals surface area contributed by atoms with Gasteiger partial charge in [-0.25, -0.2) is 0 Å². The number of rotatable bonds is 4. The minimum Gasteiger partial charge on any atom is -0.495 e. The van der Waals surface area contributed by atoms with Crippen molar-refractivity contribution in [2.75, 3.05) is 12.8 Å². The van der Waals surface area contributed by atoms with Crippen LogP contribution in [0.1, 0.15) is 5.56 Å². The number of ether oxygens (including phenoxy) is 1. The number of halogens is 1. The molecular weight excluding hydrogens is 282 g/mol. The second kappa shape index (κ2) is 6.08. The maximum absolute atomic E-state index is 12.4. The minimum atomic E-state index is -1.23. The molecule has 0 bridgehead atoms. The molecule has 1 atom stereocenters. The molecule has 0 saturated carbocycles. The smallest absolute Gasteiger partial charge is 0.137 e. The Bertz CT molecular complexity index is 616. The average molecular weight is 296 g/mol. The van der Waals surface area contributed by atoms with Crippen LogP contribution in [-0.4, -0.2) is 11.3 Å². The Labute approximate surface area is 119 Å². The van der Waals surface area contributed by atoms with Crippen LogP contribution in [0.3, 0.4) is 0 Å². The molecule has 2 rings (SSSR count). The number of nitrogens with two attached hydrogens (primary N) is 1. The summed E-state index contributed by atoms with van der Waals surface area (Å²) in [6, 6.07) is 12.5. The highest BCUT2D eigenvalue weighted by molar-refractivity contribution is 7.84. The molecule has 19 heavy (non-hydrogen) atoms. The lowest BCUT2D eigenvalue weighted by Gasteiger charge is -2.09. The van der Waals surface area contributed by atoms with Gasteiger partial charge in [-0.15, -0.1) is 0 Å². The van der Waals surface area contributed by atoms with E-state index in [2.05, 4.69) is 0 Å². The highest BCUT2D eigenvalue weighted by Gasteiger charge is 2.13. The van der Waals surface area contributed by atoms with Crippen LogP contribution in [0.5, 0.6) is 5.75 Å². The molecule has 100 valence electrons. The number of hydrogen-bond acceptors (Lipinski definition) is 3. The first kappa shape index (κ1) is 13.9. The van der Waals surface area contributed by atoms with Crippen molar-refractivity contribution < 1.29 is 8.95 Å². The van der Waals surface area contributed by atoms with Crippen molar-refractivity contribution in [2.24, 2.45) is 0 Å². The Balaban J connectivity index is 2.28. The predicted molar refractivity (Wildman–Crippen MR) is 79.0 cm³/mol. The number of hydrogen-bond donors (Lipinski definition) is 1. The van der Waals surface area contributed by atoms with Crippen LogP contribution in [0.4, 0.5) is 5.69 Å². The van der Waals surface area contributed by atoms with E-state index in [0.29, 0.717) is 27.1 Å². The van der Waals surface area contributed by atoms with E-state index in [1.165, 1.54) is 7.11 Å². The van der Waals surface area contributed by atoms with Crippen molar-refractivity contribution in [1.29, 1.82) is 0 Å². The van der Waals surface area contributed by atoms with Crippen molar-refractivity contribution >= 4 is 28.1 Å². The van der Waals surface area contributed by atoms with E-state index in [4.69, 9.17) is 22.1 Å². The van der Waals surface area contributed by atoms with Gasteiger partial charge < -0.3 is 10.5 Å². The van der Waals surface area contributed by atoms with Gasteiger partial charge in [-0.3, -0.25) is 4.21 Å². The van der Waals surface area contributed by atoms with E-state index in [1.807, 2.05) is 18.2 Å². The van der Waals surface area contributed by atoms with E-state index < -0.39 is 10.8 Å². The van der Waals surface area contributed by atoms with Gasteiger partial charge >= 0.3 is 0 Å². The molecule has 0 aliphatic heterocycles. The zero-order chi connectivity index (χ0) is 13.8. The molecule has 2 N–H and O–H groups in total. The summed E-state index contributed by atoms with van der Waals surface area (Å²) in [6.45, 7) is 0. The summed E-state index contributed by atoms with van der Waals surface area (Å²) >= 11 is 6.07.